The fourth-order valence-corrected chi connectivity index (χ4v) is 2.57. The van der Waals surface area contributed by atoms with Crippen LogP contribution in [0.3, 0.4) is 0 Å². The number of methoxy groups -OCH3 is 2. The second kappa shape index (κ2) is 4.93. The predicted molar refractivity (Wildman–Crippen MR) is 75.1 cm³/mol. The summed E-state index contributed by atoms with van der Waals surface area (Å²) in [5.41, 5.74) is 1.98. The summed E-state index contributed by atoms with van der Waals surface area (Å²) in [7, 11) is 3.28. The van der Waals surface area contributed by atoms with Gasteiger partial charge in [0.25, 0.3) is 0 Å². The molecule has 5 heteroatoms. The minimum atomic E-state index is 0.423. The number of aromatic nitrogens is 2. The largest absolute Gasteiger partial charge is 0.493 e. The fraction of sp³-hybridized carbons (Fsp3) is 0.500. The van der Waals surface area contributed by atoms with Crippen LogP contribution in [-0.2, 0) is 12.4 Å². The molecule has 0 atom stereocenters. The van der Waals surface area contributed by atoms with Crippen molar-refractivity contribution in [3.05, 3.63) is 18.0 Å². The molecule has 3 rings (SSSR count). The van der Waals surface area contributed by atoms with Crippen LogP contribution in [0, 0.1) is 5.92 Å². The molecule has 1 saturated carbocycles. The molecule has 1 fully saturated rings. The molecular formula is C14H17ClN2O2. The van der Waals surface area contributed by atoms with Gasteiger partial charge in [-0.05, 0) is 18.8 Å². The summed E-state index contributed by atoms with van der Waals surface area (Å²) in [6.07, 6.45) is 2.60. The topological polar surface area (TPSA) is 36.3 Å². The van der Waals surface area contributed by atoms with Gasteiger partial charge in [-0.2, -0.15) is 0 Å². The van der Waals surface area contributed by atoms with Crippen molar-refractivity contribution in [2.45, 2.75) is 25.3 Å². The van der Waals surface area contributed by atoms with E-state index in [0.717, 1.165) is 35.1 Å². The van der Waals surface area contributed by atoms with Crippen LogP contribution < -0.4 is 9.47 Å². The summed E-state index contributed by atoms with van der Waals surface area (Å²) < 4.78 is 12.9. The lowest BCUT2D eigenvalue weighted by atomic mass is 10.2. The van der Waals surface area contributed by atoms with Crippen molar-refractivity contribution in [3.63, 3.8) is 0 Å². The van der Waals surface area contributed by atoms with E-state index in [4.69, 9.17) is 21.1 Å². The lowest BCUT2D eigenvalue weighted by molar-refractivity contribution is 0.355. The van der Waals surface area contributed by atoms with Crippen LogP contribution in [0.5, 0.6) is 11.5 Å². The molecule has 0 bridgehead atoms. The van der Waals surface area contributed by atoms with Crippen LogP contribution in [0.15, 0.2) is 12.1 Å². The first-order valence-corrected chi connectivity index (χ1v) is 6.97. The van der Waals surface area contributed by atoms with E-state index in [2.05, 4.69) is 9.55 Å². The van der Waals surface area contributed by atoms with Gasteiger partial charge in [0.15, 0.2) is 11.5 Å². The summed E-state index contributed by atoms with van der Waals surface area (Å²) in [6.45, 7) is 0.994. The van der Waals surface area contributed by atoms with Gasteiger partial charge in [0, 0.05) is 18.7 Å². The molecular weight excluding hydrogens is 264 g/mol. The summed E-state index contributed by atoms with van der Waals surface area (Å²) >= 11 is 6.01. The molecule has 0 amide bonds. The Bertz CT molecular complexity index is 605. The zero-order valence-electron chi connectivity index (χ0n) is 11.1. The van der Waals surface area contributed by atoms with E-state index in [0.29, 0.717) is 11.6 Å². The molecule has 1 heterocycles. The highest BCUT2D eigenvalue weighted by atomic mass is 35.5. The van der Waals surface area contributed by atoms with Gasteiger partial charge in [-0.1, -0.05) is 0 Å². The number of fused-ring (bicyclic) bond motifs is 1. The maximum atomic E-state index is 6.01. The number of hydrogen-bond donors (Lipinski definition) is 0. The Hall–Kier alpha value is -1.42. The van der Waals surface area contributed by atoms with E-state index in [-0.39, 0.29) is 0 Å². The first-order chi connectivity index (χ1) is 9.26. The first-order valence-electron chi connectivity index (χ1n) is 6.44. The van der Waals surface area contributed by atoms with Crippen LogP contribution in [0.1, 0.15) is 18.7 Å². The molecule has 0 aliphatic heterocycles. The fourth-order valence-electron chi connectivity index (χ4n) is 2.37. The van der Waals surface area contributed by atoms with Crippen molar-refractivity contribution in [2.75, 3.05) is 14.2 Å². The number of nitrogens with zero attached hydrogens (tertiary/aromatic N) is 2. The number of ether oxygens (including phenoxy) is 2. The van der Waals surface area contributed by atoms with Gasteiger partial charge in [0.2, 0.25) is 0 Å². The van der Waals surface area contributed by atoms with Crippen molar-refractivity contribution >= 4 is 22.6 Å². The highest BCUT2D eigenvalue weighted by Crippen LogP contribution is 2.36. The van der Waals surface area contributed by atoms with Crippen LogP contribution >= 0.6 is 11.6 Å². The maximum absolute atomic E-state index is 6.01. The maximum Gasteiger partial charge on any atom is 0.163 e. The third kappa shape index (κ3) is 2.25. The molecule has 1 aromatic heterocycles. The quantitative estimate of drug-likeness (QED) is 0.789. The van der Waals surface area contributed by atoms with Gasteiger partial charge in [0.1, 0.15) is 5.82 Å². The SMILES string of the molecule is COc1cc2nc(CCl)n(CC3CC3)c2cc1OC. The average molecular weight is 281 g/mol. The average Bonchev–Trinajstić information content (AvgIpc) is 3.19. The third-order valence-electron chi connectivity index (χ3n) is 3.59. The van der Waals surface area contributed by atoms with Crippen molar-refractivity contribution < 1.29 is 9.47 Å². The summed E-state index contributed by atoms with van der Waals surface area (Å²) in [6, 6.07) is 3.90. The van der Waals surface area contributed by atoms with Gasteiger partial charge in [-0.25, -0.2) is 4.98 Å². The van der Waals surface area contributed by atoms with Crippen molar-refractivity contribution in [1.29, 1.82) is 0 Å². The molecule has 0 N–H and O–H groups in total. The Morgan fingerprint density at radius 3 is 2.53 bits per heavy atom. The van der Waals surface area contributed by atoms with Crippen molar-refractivity contribution in [1.82, 2.24) is 9.55 Å². The molecule has 4 nitrogen and oxygen atoms in total. The number of imidazole rings is 1. The zero-order valence-corrected chi connectivity index (χ0v) is 11.9. The zero-order chi connectivity index (χ0) is 13.4. The van der Waals surface area contributed by atoms with Crippen LogP contribution in [-0.4, -0.2) is 23.8 Å². The molecule has 0 saturated heterocycles. The van der Waals surface area contributed by atoms with Crippen LogP contribution in [0.2, 0.25) is 0 Å². The number of rotatable bonds is 5. The minimum absolute atomic E-state index is 0.423. The Morgan fingerprint density at radius 1 is 1.26 bits per heavy atom. The highest BCUT2D eigenvalue weighted by Gasteiger charge is 2.24. The highest BCUT2D eigenvalue weighted by molar-refractivity contribution is 6.16. The van der Waals surface area contributed by atoms with E-state index in [1.165, 1.54) is 12.8 Å². The smallest absolute Gasteiger partial charge is 0.163 e. The van der Waals surface area contributed by atoms with Crippen molar-refractivity contribution in [3.8, 4) is 11.5 Å². The van der Waals surface area contributed by atoms with Gasteiger partial charge < -0.3 is 14.0 Å². The predicted octanol–water partition coefficient (Wildman–Crippen LogP) is 3.20. The molecule has 0 unspecified atom stereocenters. The minimum Gasteiger partial charge on any atom is -0.493 e. The lowest BCUT2D eigenvalue weighted by Gasteiger charge is -2.09. The molecule has 2 aromatic rings. The van der Waals surface area contributed by atoms with E-state index < -0.39 is 0 Å². The van der Waals surface area contributed by atoms with Crippen LogP contribution in [0.4, 0.5) is 0 Å². The Labute approximate surface area is 117 Å². The van der Waals surface area contributed by atoms with E-state index in [1.54, 1.807) is 14.2 Å². The summed E-state index contributed by atoms with van der Waals surface area (Å²) in [5.74, 6) is 3.54. The number of hydrogen-bond acceptors (Lipinski definition) is 3. The number of halogens is 1. The van der Waals surface area contributed by atoms with Gasteiger partial charge in [0.05, 0.1) is 31.1 Å². The second-order valence-corrected chi connectivity index (χ2v) is 5.18. The Morgan fingerprint density at radius 2 is 1.95 bits per heavy atom. The van der Waals surface area contributed by atoms with Gasteiger partial charge in [-0.15, -0.1) is 11.6 Å². The monoisotopic (exact) mass is 280 g/mol. The molecule has 1 aliphatic carbocycles. The molecule has 102 valence electrons. The van der Waals surface area contributed by atoms with Gasteiger partial charge >= 0.3 is 0 Å². The standard InChI is InChI=1S/C14H17ClN2O2/c1-18-12-5-10-11(6-13(12)19-2)17(8-9-3-4-9)14(7-15)16-10/h5-6,9H,3-4,7-8H2,1-2H3. The van der Waals surface area contributed by atoms with Crippen molar-refractivity contribution in [2.24, 2.45) is 5.92 Å². The molecule has 0 radical (unpaired) electrons. The van der Waals surface area contributed by atoms with E-state index >= 15 is 0 Å². The molecule has 1 aromatic carbocycles. The third-order valence-corrected chi connectivity index (χ3v) is 3.83. The summed E-state index contributed by atoms with van der Waals surface area (Å²) in [4.78, 5) is 4.59. The van der Waals surface area contributed by atoms with E-state index in [9.17, 15) is 0 Å². The number of benzene rings is 1. The normalized spacial score (nSPS) is 14.9. The molecule has 0 spiro atoms. The number of alkyl halides is 1. The second-order valence-electron chi connectivity index (χ2n) is 4.91. The lowest BCUT2D eigenvalue weighted by Crippen LogP contribution is -2.04. The Kier molecular flexibility index (Phi) is 3.27. The molecule has 19 heavy (non-hydrogen) atoms. The molecule has 1 aliphatic rings. The Balaban J connectivity index is 2.15. The van der Waals surface area contributed by atoms with Gasteiger partial charge in [-0.3, -0.25) is 0 Å². The first kappa shape index (κ1) is 12.6. The van der Waals surface area contributed by atoms with Crippen LogP contribution in [0.25, 0.3) is 11.0 Å². The summed E-state index contributed by atoms with van der Waals surface area (Å²) in [5, 5.41) is 0. The van der Waals surface area contributed by atoms with E-state index in [1.807, 2.05) is 12.1 Å².